The molecule has 1 saturated heterocycles. The molecule has 11 heteroatoms. The van der Waals surface area contributed by atoms with E-state index >= 15 is 0 Å². The van der Waals surface area contributed by atoms with Gasteiger partial charge < -0.3 is 30.9 Å². The van der Waals surface area contributed by atoms with E-state index in [9.17, 15) is 19.5 Å². The van der Waals surface area contributed by atoms with Gasteiger partial charge in [-0.3, -0.25) is 14.4 Å². The lowest BCUT2D eigenvalue weighted by molar-refractivity contribution is -0.136. The number of aromatic hydroxyl groups is 1. The van der Waals surface area contributed by atoms with Crippen LogP contribution in [0.5, 0.6) is 5.75 Å². The number of carbonyl (C=O) groups excluding carboxylic acids is 3. The van der Waals surface area contributed by atoms with E-state index in [0.29, 0.717) is 47.5 Å². The summed E-state index contributed by atoms with van der Waals surface area (Å²) >= 11 is 2.05. The van der Waals surface area contributed by atoms with Gasteiger partial charge in [0.2, 0.25) is 11.8 Å². The minimum absolute atomic E-state index is 0.0421. The first kappa shape index (κ1) is 27.4. The third kappa shape index (κ3) is 7.67. The van der Waals surface area contributed by atoms with Gasteiger partial charge in [0.05, 0.1) is 9.49 Å². The van der Waals surface area contributed by atoms with Crippen LogP contribution in [-0.4, -0.2) is 64.6 Å². The molecule has 2 fully saturated rings. The van der Waals surface area contributed by atoms with E-state index in [1.165, 1.54) is 0 Å². The molecule has 0 spiro atoms. The predicted octanol–water partition coefficient (Wildman–Crippen LogP) is 2.30. The Hall–Kier alpha value is -2.67. The second-order valence-electron chi connectivity index (χ2n) is 10.1. The molecule has 2 heterocycles. The van der Waals surface area contributed by atoms with Crippen LogP contribution in [0.4, 0.5) is 0 Å². The molecular formula is C26H34IN5O5. The summed E-state index contributed by atoms with van der Waals surface area (Å²) in [5.74, 6) is 0.414. The topological polar surface area (TPSA) is 151 Å². The SMILES string of the molecule is C[C@H](N)CC(=O)NC[C@H](Cc1ccc(O)c(I)c1)C(=O)N1CCC(NC(=O)c2cc(C3CC3)on2)CC1. The number of phenols is 1. The van der Waals surface area contributed by atoms with Gasteiger partial charge in [-0.1, -0.05) is 11.2 Å². The minimum Gasteiger partial charge on any atom is -0.507 e. The van der Waals surface area contributed by atoms with Crippen molar-refractivity contribution in [3.63, 3.8) is 0 Å². The maximum absolute atomic E-state index is 13.5. The Morgan fingerprint density at radius 2 is 1.95 bits per heavy atom. The predicted molar refractivity (Wildman–Crippen MR) is 145 cm³/mol. The number of nitrogens with zero attached hydrogens (tertiary/aromatic N) is 2. The van der Waals surface area contributed by atoms with Crippen LogP contribution in [0.25, 0.3) is 0 Å². The van der Waals surface area contributed by atoms with Gasteiger partial charge in [-0.05, 0) is 79.3 Å². The summed E-state index contributed by atoms with van der Waals surface area (Å²) in [5, 5.41) is 19.6. The van der Waals surface area contributed by atoms with Crippen LogP contribution < -0.4 is 16.4 Å². The van der Waals surface area contributed by atoms with Crippen molar-refractivity contribution in [2.75, 3.05) is 19.6 Å². The van der Waals surface area contributed by atoms with Crippen molar-refractivity contribution in [3.8, 4) is 5.75 Å². The molecule has 0 bridgehead atoms. The minimum atomic E-state index is -0.459. The number of piperidine rings is 1. The number of halogens is 1. The van der Waals surface area contributed by atoms with Gasteiger partial charge in [-0.25, -0.2) is 0 Å². The molecule has 5 N–H and O–H groups in total. The Labute approximate surface area is 229 Å². The zero-order valence-corrected chi connectivity index (χ0v) is 23.1. The Balaban J connectivity index is 1.33. The molecule has 1 aliphatic carbocycles. The highest BCUT2D eigenvalue weighted by Gasteiger charge is 2.31. The third-order valence-electron chi connectivity index (χ3n) is 6.78. The summed E-state index contributed by atoms with van der Waals surface area (Å²) in [4.78, 5) is 40.1. The number of nitrogens with one attached hydrogen (secondary N) is 2. The molecule has 2 aromatic rings. The second-order valence-corrected chi connectivity index (χ2v) is 11.3. The van der Waals surface area contributed by atoms with E-state index in [-0.39, 0.29) is 48.5 Å². The summed E-state index contributed by atoms with van der Waals surface area (Å²) in [6.07, 6.45) is 4.03. The standard InChI is InChI=1S/C26H34IN5O5/c1-15(28)10-24(34)29-14-18(11-16-2-5-22(33)20(27)12-16)26(36)32-8-6-19(7-9-32)30-25(35)21-13-23(37-31-21)17-3-4-17/h2,5,12-13,15,17-19,33H,3-4,6-11,14,28H2,1H3,(H,29,34)(H,30,35)/t15-,18-/m0/s1. The van der Waals surface area contributed by atoms with Crippen molar-refractivity contribution in [3.05, 3.63) is 44.9 Å². The first-order valence-electron chi connectivity index (χ1n) is 12.8. The molecule has 37 heavy (non-hydrogen) atoms. The smallest absolute Gasteiger partial charge is 0.273 e. The summed E-state index contributed by atoms with van der Waals surface area (Å²) in [5.41, 5.74) is 6.94. The molecule has 1 aromatic carbocycles. The average molecular weight is 623 g/mol. The highest BCUT2D eigenvalue weighted by Crippen LogP contribution is 2.40. The van der Waals surface area contributed by atoms with Gasteiger partial charge in [-0.2, -0.15) is 0 Å². The van der Waals surface area contributed by atoms with E-state index in [4.69, 9.17) is 10.3 Å². The molecular weight excluding hydrogens is 589 g/mol. The first-order chi connectivity index (χ1) is 17.7. The molecule has 3 amide bonds. The number of carbonyl (C=O) groups is 3. The summed E-state index contributed by atoms with van der Waals surface area (Å²) in [6, 6.07) is 6.66. The number of rotatable bonds is 10. The van der Waals surface area contributed by atoms with Crippen molar-refractivity contribution in [1.29, 1.82) is 0 Å². The Bertz CT molecular complexity index is 1120. The van der Waals surface area contributed by atoms with E-state index in [0.717, 1.165) is 24.2 Å². The zero-order valence-electron chi connectivity index (χ0n) is 20.9. The quantitative estimate of drug-likeness (QED) is 0.297. The van der Waals surface area contributed by atoms with Crippen LogP contribution in [0.3, 0.4) is 0 Å². The molecule has 1 aliphatic heterocycles. The van der Waals surface area contributed by atoms with Crippen LogP contribution in [0, 0.1) is 9.49 Å². The lowest BCUT2D eigenvalue weighted by Gasteiger charge is -2.34. The fraction of sp³-hybridized carbons (Fsp3) is 0.538. The zero-order chi connectivity index (χ0) is 26.5. The van der Waals surface area contributed by atoms with Crippen LogP contribution in [0.2, 0.25) is 0 Å². The molecule has 200 valence electrons. The van der Waals surface area contributed by atoms with Crippen molar-refractivity contribution < 1.29 is 24.0 Å². The van der Waals surface area contributed by atoms with Gasteiger partial charge in [0.15, 0.2) is 5.69 Å². The molecule has 2 aliphatic rings. The van der Waals surface area contributed by atoms with Gasteiger partial charge in [0, 0.05) is 50.1 Å². The Kier molecular flexibility index (Phi) is 9.06. The highest BCUT2D eigenvalue weighted by atomic mass is 127. The highest BCUT2D eigenvalue weighted by molar-refractivity contribution is 14.1. The average Bonchev–Trinajstić information content (AvgIpc) is 3.59. The van der Waals surface area contributed by atoms with Gasteiger partial charge >= 0.3 is 0 Å². The Morgan fingerprint density at radius 3 is 2.59 bits per heavy atom. The maximum Gasteiger partial charge on any atom is 0.273 e. The molecule has 0 unspecified atom stereocenters. The van der Waals surface area contributed by atoms with Crippen molar-refractivity contribution in [1.82, 2.24) is 20.7 Å². The van der Waals surface area contributed by atoms with Gasteiger partial charge in [0.1, 0.15) is 11.5 Å². The number of hydrogen-bond acceptors (Lipinski definition) is 7. The number of benzene rings is 1. The molecule has 1 aromatic heterocycles. The largest absolute Gasteiger partial charge is 0.507 e. The summed E-state index contributed by atoms with van der Waals surface area (Å²) in [7, 11) is 0. The Morgan fingerprint density at radius 1 is 1.22 bits per heavy atom. The molecule has 10 nitrogen and oxygen atoms in total. The van der Waals surface area contributed by atoms with E-state index in [2.05, 4.69) is 38.4 Å². The van der Waals surface area contributed by atoms with Crippen molar-refractivity contribution >= 4 is 40.3 Å². The summed E-state index contributed by atoms with van der Waals surface area (Å²) < 4.78 is 5.99. The lowest BCUT2D eigenvalue weighted by Crippen LogP contribution is -2.50. The first-order valence-corrected chi connectivity index (χ1v) is 13.8. The van der Waals surface area contributed by atoms with Crippen molar-refractivity contribution in [2.45, 2.75) is 63.5 Å². The van der Waals surface area contributed by atoms with Crippen LogP contribution in [0.1, 0.15) is 66.8 Å². The lowest BCUT2D eigenvalue weighted by atomic mass is 9.95. The summed E-state index contributed by atoms with van der Waals surface area (Å²) in [6.45, 7) is 2.98. The number of likely N-dealkylation sites (tertiary alicyclic amines) is 1. The third-order valence-corrected chi connectivity index (χ3v) is 7.64. The molecule has 2 atom stereocenters. The second kappa shape index (κ2) is 12.2. The fourth-order valence-corrected chi connectivity index (χ4v) is 5.11. The monoisotopic (exact) mass is 623 g/mol. The number of nitrogens with two attached hydrogens (primary N) is 1. The number of hydrogen-bond donors (Lipinski definition) is 4. The molecule has 1 saturated carbocycles. The van der Waals surface area contributed by atoms with Crippen LogP contribution >= 0.6 is 22.6 Å². The van der Waals surface area contributed by atoms with Crippen molar-refractivity contribution in [2.24, 2.45) is 11.7 Å². The molecule has 4 rings (SSSR count). The van der Waals surface area contributed by atoms with Gasteiger partial charge in [0.25, 0.3) is 5.91 Å². The van der Waals surface area contributed by atoms with E-state index in [1.54, 1.807) is 30.0 Å². The number of phenolic OH excluding ortho intramolecular Hbond substituents is 1. The normalized spacial score (nSPS) is 17.8. The van der Waals surface area contributed by atoms with Crippen LogP contribution in [-0.2, 0) is 16.0 Å². The maximum atomic E-state index is 13.5. The van der Waals surface area contributed by atoms with E-state index in [1.807, 2.05) is 6.07 Å². The number of aromatic nitrogens is 1. The number of amides is 3. The van der Waals surface area contributed by atoms with Gasteiger partial charge in [-0.15, -0.1) is 0 Å². The van der Waals surface area contributed by atoms with Crippen LogP contribution in [0.15, 0.2) is 28.8 Å². The fourth-order valence-electron chi connectivity index (χ4n) is 4.53. The molecule has 0 radical (unpaired) electrons. The van der Waals surface area contributed by atoms with E-state index < -0.39 is 5.92 Å².